The van der Waals surface area contributed by atoms with E-state index in [-0.39, 0.29) is 0 Å². The van der Waals surface area contributed by atoms with Crippen LogP contribution in [0.25, 0.3) is 10.8 Å². The van der Waals surface area contributed by atoms with Gasteiger partial charge in [-0.05, 0) is 17.7 Å². The normalized spacial score (nSPS) is 10.5. The minimum Gasteiger partial charge on any atom is -0.334 e. The highest BCUT2D eigenvalue weighted by Crippen LogP contribution is 2.22. The maximum atomic E-state index is 9.34. The van der Waals surface area contributed by atoms with Gasteiger partial charge in [0.25, 0.3) is 0 Å². The van der Waals surface area contributed by atoms with Gasteiger partial charge in [0.05, 0.1) is 0 Å². The van der Waals surface area contributed by atoms with Crippen LogP contribution in [0.2, 0.25) is 5.02 Å². The third-order valence-electron chi connectivity index (χ3n) is 3.15. The summed E-state index contributed by atoms with van der Waals surface area (Å²) in [5.41, 5.74) is 1.78. The highest BCUT2D eigenvalue weighted by molar-refractivity contribution is 6.30. The fourth-order valence-corrected chi connectivity index (χ4v) is 2.51. The topological polar surface area (TPSA) is 28.7 Å². The zero-order chi connectivity index (χ0) is 13.2. The minimum atomic E-state index is 0.651. The summed E-state index contributed by atoms with van der Waals surface area (Å²) >= 11 is 5.99. The van der Waals surface area contributed by atoms with Gasteiger partial charge in [0.1, 0.15) is 11.8 Å². The lowest BCUT2D eigenvalue weighted by Crippen LogP contribution is -2.00. The van der Waals surface area contributed by atoms with E-state index in [1.54, 1.807) is 0 Å². The number of rotatable bonds is 2. The number of benzene rings is 2. The lowest BCUT2D eigenvalue weighted by Gasteiger charge is -2.05. The summed E-state index contributed by atoms with van der Waals surface area (Å²) in [6.45, 7) is 0.651. The molecule has 19 heavy (non-hydrogen) atoms. The molecule has 0 radical (unpaired) electrons. The molecule has 1 aromatic heterocycles. The molecule has 3 aromatic rings. The molecule has 0 aliphatic carbocycles. The van der Waals surface area contributed by atoms with E-state index in [2.05, 4.69) is 6.07 Å². The van der Waals surface area contributed by atoms with Crippen LogP contribution in [-0.4, -0.2) is 4.57 Å². The van der Waals surface area contributed by atoms with Crippen molar-refractivity contribution in [2.45, 2.75) is 6.54 Å². The van der Waals surface area contributed by atoms with Crippen LogP contribution in [0.1, 0.15) is 11.3 Å². The Hall–Kier alpha value is -2.24. The molecule has 3 heteroatoms. The van der Waals surface area contributed by atoms with Crippen molar-refractivity contribution in [1.82, 2.24) is 4.57 Å². The Bertz CT molecular complexity index is 781. The van der Waals surface area contributed by atoms with Gasteiger partial charge < -0.3 is 4.57 Å². The molecule has 0 saturated heterocycles. The molecule has 2 aromatic carbocycles. The summed E-state index contributed by atoms with van der Waals surface area (Å²) in [5, 5.41) is 12.1. The third-order valence-corrected chi connectivity index (χ3v) is 3.38. The molecule has 0 atom stereocenters. The third kappa shape index (κ3) is 2.21. The molecule has 0 saturated carbocycles. The van der Waals surface area contributed by atoms with Crippen molar-refractivity contribution in [3.63, 3.8) is 0 Å². The molecular formula is C16H11ClN2. The molecule has 0 fully saturated rings. The summed E-state index contributed by atoms with van der Waals surface area (Å²) < 4.78 is 1.97. The van der Waals surface area contributed by atoms with E-state index < -0.39 is 0 Å². The number of nitrogens with zero attached hydrogens (tertiary/aromatic N) is 2. The average Bonchev–Trinajstić information content (AvgIpc) is 2.75. The van der Waals surface area contributed by atoms with Crippen molar-refractivity contribution < 1.29 is 0 Å². The van der Waals surface area contributed by atoms with Gasteiger partial charge >= 0.3 is 0 Å². The van der Waals surface area contributed by atoms with Crippen LogP contribution >= 0.6 is 11.6 Å². The Balaban J connectivity index is 2.08. The monoisotopic (exact) mass is 266 g/mol. The Morgan fingerprint density at radius 2 is 1.95 bits per heavy atom. The number of hydrogen-bond donors (Lipinski definition) is 0. The second-order valence-corrected chi connectivity index (χ2v) is 4.87. The molecule has 3 rings (SSSR count). The first-order valence-corrected chi connectivity index (χ1v) is 6.38. The molecule has 0 spiro atoms. The molecule has 2 nitrogen and oxygen atoms in total. The number of hydrogen-bond acceptors (Lipinski definition) is 1. The Morgan fingerprint density at radius 1 is 1.11 bits per heavy atom. The van der Waals surface area contributed by atoms with E-state index in [0.717, 1.165) is 16.3 Å². The Morgan fingerprint density at radius 3 is 2.74 bits per heavy atom. The molecular weight excluding hydrogens is 256 g/mol. The first kappa shape index (κ1) is 11.8. The summed E-state index contributed by atoms with van der Waals surface area (Å²) in [7, 11) is 0. The van der Waals surface area contributed by atoms with E-state index in [9.17, 15) is 5.26 Å². The zero-order valence-corrected chi connectivity index (χ0v) is 10.9. The molecule has 0 aliphatic heterocycles. The van der Waals surface area contributed by atoms with E-state index in [4.69, 9.17) is 11.6 Å². The first-order valence-electron chi connectivity index (χ1n) is 6.00. The standard InChI is InChI=1S/C16H11ClN2/c17-14-6-3-4-12(8-14)10-19-11-13-5-1-2-7-15(13)16(19)9-18/h1-8,11H,10H2. The van der Waals surface area contributed by atoms with E-state index in [0.29, 0.717) is 17.3 Å². The quantitative estimate of drug-likeness (QED) is 0.683. The summed E-state index contributed by atoms with van der Waals surface area (Å²) in [5.74, 6) is 0. The van der Waals surface area contributed by atoms with E-state index in [1.807, 2.05) is 59.3 Å². The van der Waals surface area contributed by atoms with Gasteiger partial charge in [-0.3, -0.25) is 0 Å². The molecule has 0 amide bonds. The van der Waals surface area contributed by atoms with Crippen LogP contribution in [-0.2, 0) is 6.54 Å². The van der Waals surface area contributed by atoms with Crippen molar-refractivity contribution in [3.8, 4) is 6.07 Å². The summed E-state index contributed by atoms with van der Waals surface area (Å²) in [6, 6.07) is 17.9. The van der Waals surface area contributed by atoms with Crippen LogP contribution in [0.15, 0.2) is 54.7 Å². The van der Waals surface area contributed by atoms with Crippen LogP contribution in [0.3, 0.4) is 0 Å². The van der Waals surface area contributed by atoms with Crippen molar-refractivity contribution in [2.75, 3.05) is 0 Å². The highest BCUT2D eigenvalue weighted by Gasteiger charge is 2.08. The van der Waals surface area contributed by atoms with Gasteiger partial charge in [-0.25, -0.2) is 0 Å². The van der Waals surface area contributed by atoms with Crippen molar-refractivity contribution >= 4 is 22.4 Å². The number of nitriles is 1. The maximum absolute atomic E-state index is 9.34. The average molecular weight is 267 g/mol. The lowest BCUT2D eigenvalue weighted by molar-refractivity contribution is 0.798. The number of halogens is 1. The van der Waals surface area contributed by atoms with Crippen LogP contribution < -0.4 is 0 Å². The maximum Gasteiger partial charge on any atom is 0.128 e. The predicted octanol–water partition coefficient (Wildman–Crippen LogP) is 4.21. The number of aromatic nitrogens is 1. The second-order valence-electron chi connectivity index (χ2n) is 4.43. The largest absolute Gasteiger partial charge is 0.334 e. The van der Waals surface area contributed by atoms with Gasteiger partial charge in [0, 0.05) is 28.5 Å². The van der Waals surface area contributed by atoms with Gasteiger partial charge in [-0.15, -0.1) is 0 Å². The fraction of sp³-hybridized carbons (Fsp3) is 0.0625. The second kappa shape index (κ2) is 4.79. The summed E-state index contributed by atoms with van der Waals surface area (Å²) in [4.78, 5) is 0. The number of fused-ring (bicyclic) bond motifs is 1. The molecule has 0 unspecified atom stereocenters. The summed E-state index contributed by atoms with van der Waals surface area (Å²) in [6.07, 6.45) is 2.01. The van der Waals surface area contributed by atoms with Gasteiger partial charge in [-0.1, -0.05) is 48.0 Å². The minimum absolute atomic E-state index is 0.651. The molecule has 0 bridgehead atoms. The van der Waals surface area contributed by atoms with Crippen LogP contribution in [0.5, 0.6) is 0 Å². The van der Waals surface area contributed by atoms with E-state index in [1.165, 1.54) is 0 Å². The van der Waals surface area contributed by atoms with E-state index >= 15 is 0 Å². The van der Waals surface area contributed by atoms with Gasteiger partial charge in [0.15, 0.2) is 0 Å². The molecule has 0 aliphatic rings. The molecule has 92 valence electrons. The van der Waals surface area contributed by atoms with Gasteiger partial charge in [-0.2, -0.15) is 5.26 Å². The Kier molecular flexibility index (Phi) is 2.98. The van der Waals surface area contributed by atoms with Crippen molar-refractivity contribution in [1.29, 1.82) is 5.26 Å². The van der Waals surface area contributed by atoms with Crippen molar-refractivity contribution in [2.24, 2.45) is 0 Å². The zero-order valence-electron chi connectivity index (χ0n) is 10.2. The van der Waals surface area contributed by atoms with Crippen molar-refractivity contribution in [3.05, 3.63) is 71.0 Å². The smallest absolute Gasteiger partial charge is 0.128 e. The molecule has 0 N–H and O–H groups in total. The van der Waals surface area contributed by atoms with Crippen LogP contribution in [0.4, 0.5) is 0 Å². The molecule has 1 heterocycles. The SMILES string of the molecule is N#Cc1c2ccccc2cn1Cc1cccc(Cl)c1. The fourth-order valence-electron chi connectivity index (χ4n) is 2.29. The Labute approximate surface area is 116 Å². The van der Waals surface area contributed by atoms with Crippen LogP contribution in [0, 0.1) is 11.3 Å². The van der Waals surface area contributed by atoms with Gasteiger partial charge in [0.2, 0.25) is 0 Å². The predicted molar refractivity (Wildman–Crippen MR) is 77.2 cm³/mol. The highest BCUT2D eigenvalue weighted by atomic mass is 35.5. The first-order chi connectivity index (χ1) is 9.28. The lowest BCUT2D eigenvalue weighted by atomic mass is 10.2.